The maximum atomic E-state index is 13.6. The van der Waals surface area contributed by atoms with Crippen molar-refractivity contribution in [2.75, 3.05) is 32.1 Å². The van der Waals surface area contributed by atoms with Gasteiger partial charge in [-0.3, -0.25) is 0 Å². The summed E-state index contributed by atoms with van der Waals surface area (Å²) in [7, 11) is -0.420. The van der Waals surface area contributed by atoms with Gasteiger partial charge in [-0.1, -0.05) is 0 Å². The Morgan fingerprint density at radius 1 is 1.31 bits per heavy atom. The molecule has 11 heteroatoms. The smallest absolute Gasteiger partial charge is 0.338 e. The molecule has 0 saturated carbocycles. The SMILES string of the molecule is CN(C)c1nccnc1OC1CCCN(S(=O)(=O)c2ccc(F)c(C(=O)O)c2)C1. The maximum absolute atomic E-state index is 13.6. The molecular weight excluding hydrogens is 403 g/mol. The molecule has 2 aromatic rings. The van der Waals surface area contributed by atoms with Crippen LogP contribution in [0.25, 0.3) is 0 Å². The molecule has 0 spiro atoms. The Labute approximate surface area is 167 Å². The van der Waals surface area contributed by atoms with Gasteiger partial charge in [-0.15, -0.1) is 0 Å². The Kier molecular flexibility index (Phi) is 5.99. The van der Waals surface area contributed by atoms with Crippen molar-refractivity contribution in [3.63, 3.8) is 0 Å². The van der Waals surface area contributed by atoms with Crippen LogP contribution in [0, 0.1) is 5.82 Å². The molecule has 3 rings (SSSR count). The molecule has 1 aromatic heterocycles. The van der Waals surface area contributed by atoms with E-state index in [4.69, 9.17) is 9.84 Å². The van der Waals surface area contributed by atoms with Crippen LogP contribution in [0.3, 0.4) is 0 Å². The van der Waals surface area contributed by atoms with E-state index in [0.29, 0.717) is 24.5 Å². The van der Waals surface area contributed by atoms with Crippen molar-refractivity contribution in [2.24, 2.45) is 0 Å². The van der Waals surface area contributed by atoms with Crippen molar-refractivity contribution in [1.82, 2.24) is 14.3 Å². The van der Waals surface area contributed by atoms with Gasteiger partial charge in [-0.05, 0) is 31.0 Å². The number of aromatic nitrogens is 2. The summed E-state index contributed by atoms with van der Waals surface area (Å²) in [5.74, 6) is -1.69. The number of carboxylic acids is 1. The van der Waals surface area contributed by atoms with Crippen LogP contribution in [0.15, 0.2) is 35.5 Å². The number of ether oxygens (including phenoxy) is 1. The third-order valence-electron chi connectivity index (χ3n) is 4.50. The Balaban J connectivity index is 1.82. The fourth-order valence-corrected chi connectivity index (χ4v) is 4.60. The van der Waals surface area contributed by atoms with Crippen LogP contribution in [0.4, 0.5) is 10.2 Å². The lowest BCUT2D eigenvalue weighted by atomic mass is 10.1. The zero-order valence-electron chi connectivity index (χ0n) is 15.9. The lowest BCUT2D eigenvalue weighted by molar-refractivity contribution is 0.0691. The van der Waals surface area contributed by atoms with Gasteiger partial charge in [0.2, 0.25) is 10.0 Å². The van der Waals surface area contributed by atoms with Gasteiger partial charge in [-0.25, -0.2) is 27.6 Å². The average Bonchev–Trinajstić information content (AvgIpc) is 2.68. The van der Waals surface area contributed by atoms with Gasteiger partial charge in [0.05, 0.1) is 17.0 Å². The second kappa shape index (κ2) is 8.29. The minimum Gasteiger partial charge on any atom is -0.478 e. The Bertz CT molecular complexity index is 1020. The second-order valence-corrected chi connectivity index (χ2v) is 8.71. The standard InChI is InChI=1S/C18H21FN4O5S/c1-22(2)16-17(21-8-7-20-16)28-12-4-3-9-23(11-12)29(26,27)13-5-6-15(19)14(10-13)18(24)25/h5-8,10,12H,3-4,9,11H2,1-2H3,(H,24,25). The van der Waals surface area contributed by atoms with Crippen molar-refractivity contribution < 1.29 is 27.4 Å². The molecule has 0 amide bonds. The molecule has 0 aliphatic carbocycles. The Morgan fingerprint density at radius 3 is 2.72 bits per heavy atom. The molecule has 2 heterocycles. The van der Waals surface area contributed by atoms with Gasteiger partial charge in [0.1, 0.15) is 11.9 Å². The molecule has 0 radical (unpaired) electrons. The molecule has 1 unspecified atom stereocenters. The number of hydrogen-bond acceptors (Lipinski definition) is 7. The van der Waals surface area contributed by atoms with Gasteiger partial charge in [0.15, 0.2) is 5.82 Å². The number of sulfonamides is 1. The average molecular weight is 424 g/mol. The van der Waals surface area contributed by atoms with Gasteiger partial charge in [0.25, 0.3) is 5.88 Å². The zero-order valence-corrected chi connectivity index (χ0v) is 16.8. The molecule has 1 aromatic carbocycles. The monoisotopic (exact) mass is 424 g/mol. The molecule has 156 valence electrons. The number of anilines is 1. The predicted octanol–water partition coefficient (Wildman–Crippen LogP) is 1.61. The van der Waals surface area contributed by atoms with Gasteiger partial charge in [0, 0.05) is 33.0 Å². The molecule has 29 heavy (non-hydrogen) atoms. The number of nitrogens with zero attached hydrogens (tertiary/aromatic N) is 4. The highest BCUT2D eigenvalue weighted by molar-refractivity contribution is 7.89. The van der Waals surface area contributed by atoms with E-state index < -0.39 is 33.5 Å². The molecule has 1 aliphatic heterocycles. The van der Waals surface area contributed by atoms with Gasteiger partial charge >= 0.3 is 5.97 Å². The summed E-state index contributed by atoms with van der Waals surface area (Å²) in [5, 5.41) is 9.06. The molecular formula is C18H21FN4O5S. The first-order valence-electron chi connectivity index (χ1n) is 8.88. The quantitative estimate of drug-likeness (QED) is 0.744. The van der Waals surface area contributed by atoms with Crippen molar-refractivity contribution in [3.05, 3.63) is 42.0 Å². The van der Waals surface area contributed by atoms with Crippen LogP contribution >= 0.6 is 0 Å². The highest BCUT2D eigenvalue weighted by Crippen LogP contribution is 2.27. The topological polar surface area (TPSA) is 113 Å². The third kappa shape index (κ3) is 4.46. The number of rotatable bonds is 6. The van der Waals surface area contributed by atoms with Crippen LogP contribution in [0.1, 0.15) is 23.2 Å². The number of halogens is 1. The molecule has 1 fully saturated rings. The van der Waals surface area contributed by atoms with E-state index in [9.17, 15) is 17.6 Å². The van der Waals surface area contributed by atoms with Crippen LogP contribution in [-0.4, -0.2) is 67.1 Å². The minimum absolute atomic E-state index is 0.0611. The number of aromatic carboxylic acids is 1. The van der Waals surface area contributed by atoms with E-state index in [2.05, 4.69) is 9.97 Å². The first-order valence-corrected chi connectivity index (χ1v) is 10.3. The Hall–Kier alpha value is -2.79. The van der Waals surface area contributed by atoms with Crippen LogP contribution in [-0.2, 0) is 10.0 Å². The van der Waals surface area contributed by atoms with Crippen molar-refractivity contribution in [1.29, 1.82) is 0 Å². The number of carbonyl (C=O) groups is 1. The molecule has 1 saturated heterocycles. The highest BCUT2D eigenvalue weighted by atomic mass is 32.2. The lowest BCUT2D eigenvalue weighted by Gasteiger charge is -2.32. The van der Waals surface area contributed by atoms with E-state index >= 15 is 0 Å². The van der Waals surface area contributed by atoms with Crippen LogP contribution in [0.5, 0.6) is 5.88 Å². The largest absolute Gasteiger partial charge is 0.478 e. The summed E-state index contributed by atoms with van der Waals surface area (Å²) in [6, 6.07) is 2.75. The summed E-state index contributed by atoms with van der Waals surface area (Å²) in [4.78, 5) is 21.0. The third-order valence-corrected chi connectivity index (χ3v) is 6.36. The second-order valence-electron chi connectivity index (χ2n) is 6.77. The van der Waals surface area contributed by atoms with Crippen molar-refractivity contribution >= 4 is 21.8 Å². The highest BCUT2D eigenvalue weighted by Gasteiger charge is 2.32. The van der Waals surface area contributed by atoms with E-state index in [0.717, 1.165) is 18.2 Å². The lowest BCUT2D eigenvalue weighted by Crippen LogP contribution is -2.44. The van der Waals surface area contributed by atoms with Crippen LogP contribution < -0.4 is 9.64 Å². The van der Waals surface area contributed by atoms with Crippen LogP contribution in [0.2, 0.25) is 0 Å². The Morgan fingerprint density at radius 2 is 2.03 bits per heavy atom. The van der Waals surface area contributed by atoms with Gasteiger partial charge < -0.3 is 14.7 Å². The summed E-state index contributed by atoms with van der Waals surface area (Å²) in [6.07, 6.45) is 3.75. The fourth-order valence-electron chi connectivity index (χ4n) is 3.06. The minimum atomic E-state index is -4.01. The maximum Gasteiger partial charge on any atom is 0.338 e. The van der Waals surface area contributed by atoms with E-state index in [1.54, 1.807) is 19.0 Å². The molecule has 1 aliphatic rings. The van der Waals surface area contributed by atoms with Crippen molar-refractivity contribution in [2.45, 2.75) is 23.8 Å². The molecule has 0 bridgehead atoms. The van der Waals surface area contributed by atoms with E-state index in [1.165, 1.54) is 16.7 Å². The number of hydrogen-bond donors (Lipinski definition) is 1. The first-order chi connectivity index (χ1) is 13.7. The summed E-state index contributed by atoms with van der Waals surface area (Å²) in [5.41, 5.74) is -0.689. The number of benzene rings is 1. The summed E-state index contributed by atoms with van der Waals surface area (Å²) >= 11 is 0. The number of carboxylic acid groups (broad SMARTS) is 1. The first kappa shape index (κ1) is 20.9. The summed E-state index contributed by atoms with van der Waals surface area (Å²) < 4.78 is 46.7. The normalized spacial score (nSPS) is 17.7. The predicted molar refractivity (Wildman–Crippen MR) is 102 cm³/mol. The molecule has 1 N–H and O–H groups in total. The molecule has 1 atom stereocenters. The van der Waals surface area contributed by atoms with Crippen molar-refractivity contribution in [3.8, 4) is 5.88 Å². The fraction of sp³-hybridized carbons (Fsp3) is 0.389. The van der Waals surface area contributed by atoms with E-state index in [1.807, 2.05) is 0 Å². The number of piperidine rings is 1. The summed E-state index contributed by atoms with van der Waals surface area (Å²) in [6.45, 7) is 0.314. The zero-order chi connectivity index (χ0) is 21.2. The molecule has 9 nitrogen and oxygen atoms in total. The van der Waals surface area contributed by atoms with E-state index in [-0.39, 0.29) is 18.0 Å². The van der Waals surface area contributed by atoms with Gasteiger partial charge in [-0.2, -0.15) is 4.31 Å².